The van der Waals surface area contributed by atoms with Gasteiger partial charge in [-0.25, -0.2) is 4.79 Å². The van der Waals surface area contributed by atoms with Gasteiger partial charge in [0.05, 0.1) is 13.7 Å². The van der Waals surface area contributed by atoms with Crippen LogP contribution in [0.4, 0.5) is 4.79 Å². The molecule has 2 fully saturated rings. The molecule has 2 aromatic rings. The van der Waals surface area contributed by atoms with Gasteiger partial charge in [0.25, 0.3) is 5.91 Å². The zero-order valence-electron chi connectivity index (χ0n) is 25.2. The Hall–Kier alpha value is -3.01. The van der Waals surface area contributed by atoms with E-state index in [9.17, 15) is 9.59 Å². The fraction of sp³-hybridized carbons (Fsp3) is 0.562. The molecule has 2 aromatic carbocycles. The van der Waals surface area contributed by atoms with Crippen molar-refractivity contribution in [2.24, 2.45) is 11.8 Å². The number of amides is 3. The molecule has 2 atom stereocenters. The highest BCUT2D eigenvalue weighted by atomic mass is 35.5. The van der Waals surface area contributed by atoms with E-state index in [1.165, 1.54) is 0 Å². The lowest BCUT2D eigenvalue weighted by molar-refractivity contribution is 0.0652. The van der Waals surface area contributed by atoms with Crippen LogP contribution < -0.4 is 20.1 Å². The van der Waals surface area contributed by atoms with Crippen LogP contribution in [0.1, 0.15) is 49.0 Å². The molecule has 2 N–H and O–H groups in total. The maximum absolute atomic E-state index is 13.8. The van der Waals surface area contributed by atoms with Gasteiger partial charge in [-0.3, -0.25) is 4.79 Å². The standard InChI is InChI=1S/C32H45ClN4O5/c1-22(2)36(31(38)24-8-13-29(41-4)30(16-24)42-15-5-14-40-3)20-25-18-34-19-26(25)21-37(28-11-12-28)32(39)35-17-23-6-9-27(33)10-7-23/h6-10,13,16,22,25-26,28,34H,5,11-12,14-15,17-21H2,1-4H3,(H,35,39)/t25-,26-/m0/s1. The Balaban J connectivity index is 1.40. The summed E-state index contributed by atoms with van der Waals surface area (Å²) < 4.78 is 16.5. The van der Waals surface area contributed by atoms with Crippen LogP contribution in [0.2, 0.25) is 5.02 Å². The number of methoxy groups -OCH3 is 2. The lowest BCUT2D eigenvalue weighted by Gasteiger charge is -2.33. The summed E-state index contributed by atoms with van der Waals surface area (Å²) in [5.41, 5.74) is 1.58. The number of rotatable bonds is 15. The molecule has 4 rings (SSSR count). The molecule has 1 saturated heterocycles. The second-order valence-electron chi connectivity index (χ2n) is 11.5. The number of hydrogen-bond donors (Lipinski definition) is 2. The van der Waals surface area contributed by atoms with Crippen molar-refractivity contribution in [3.63, 3.8) is 0 Å². The molecule has 10 heteroatoms. The maximum Gasteiger partial charge on any atom is 0.317 e. The highest BCUT2D eigenvalue weighted by Crippen LogP contribution is 2.32. The second-order valence-corrected chi connectivity index (χ2v) is 11.9. The predicted molar refractivity (Wildman–Crippen MR) is 164 cm³/mol. The first kappa shape index (κ1) is 31.9. The Bertz CT molecular complexity index is 1170. The van der Waals surface area contributed by atoms with Crippen molar-refractivity contribution in [2.45, 2.75) is 51.7 Å². The Labute approximate surface area is 254 Å². The smallest absolute Gasteiger partial charge is 0.317 e. The molecule has 230 valence electrons. The summed E-state index contributed by atoms with van der Waals surface area (Å²) in [5.74, 6) is 1.57. The summed E-state index contributed by atoms with van der Waals surface area (Å²) in [4.78, 5) is 31.0. The van der Waals surface area contributed by atoms with E-state index in [2.05, 4.69) is 10.6 Å². The second kappa shape index (κ2) is 15.5. The van der Waals surface area contributed by atoms with Crippen LogP contribution in [0.15, 0.2) is 42.5 Å². The monoisotopic (exact) mass is 600 g/mol. The van der Waals surface area contributed by atoms with Crippen molar-refractivity contribution in [2.75, 3.05) is 53.6 Å². The Kier molecular flexibility index (Phi) is 11.7. The van der Waals surface area contributed by atoms with Crippen molar-refractivity contribution in [3.05, 3.63) is 58.6 Å². The molecule has 1 heterocycles. The first-order chi connectivity index (χ1) is 20.3. The number of halogens is 1. The Morgan fingerprint density at radius 2 is 1.71 bits per heavy atom. The quantitative estimate of drug-likeness (QED) is 0.285. The molecule has 1 aliphatic carbocycles. The van der Waals surface area contributed by atoms with Gasteiger partial charge in [-0.1, -0.05) is 23.7 Å². The number of nitrogens with one attached hydrogen (secondary N) is 2. The number of carbonyl (C=O) groups excluding carboxylic acids is 2. The summed E-state index contributed by atoms with van der Waals surface area (Å²) in [6.07, 6.45) is 2.80. The van der Waals surface area contributed by atoms with Gasteiger partial charge in [-0.2, -0.15) is 0 Å². The van der Waals surface area contributed by atoms with Gasteiger partial charge >= 0.3 is 6.03 Å². The van der Waals surface area contributed by atoms with Crippen LogP contribution in [0.5, 0.6) is 11.5 Å². The predicted octanol–water partition coefficient (Wildman–Crippen LogP) is 4.82. The highest BCUT2D eigenvalue weighted by Gasteiger charge is 2.38. The van der Waals surface area contributed by atoms with Crippen molar-refractivity contribution in [3.8, 4) is 11.5 Å². The van der Waals surface area contributed by atoms with Gasteiger partial charge in [0.1, 0.15) is 0 Å². The summed E-state index contributed by atoms with van der Waals surface area (Å²) in [5, 5.41) is 7.29. The lowest BCUT2D eigenvalue weighted by atomic mass is 9.94. The molecule has 1 aliphatic heterocycles. The molecule has 0 spiro atoms. The van der Waals surface area contributed by atoms with Crippen LogP contribution in [-0.2, 0) is 11.3 Å². The van der Waals surface area contributed by atoms with E-state index >= 15 is 0 Å². The third kappa shape index (κ3) is 8.75. The largest absolute Gasteiger partial charge is 0.493 e. The van der Waals surface area contributed by atoms with Crippen molar-refractivity contribution in [1.82, 2.24) is 20.4 Å². The minimum atomic E-state index is -0.0419. The molecule has 0 unspecified atom stereocenters. The first-order valence-electron chi connectivity index (χ1n) is 14.9. The zero-order chi connectivity index (χ0) is 30.1. The van der Waals surface area contributed by atoms with Crippen LogP contribution in [0, 0.1) is 11.8 Å². The molecule has 9 nitrogen and oxygen atoms in total. The van der Waals surface area contributed by atoms with Crippen LogP contribution in [-0.4, -0.2) is 87.4 Å². The zero-order valence-corrected chi connectivity index (χ0v) is 26.0. The lowest BCUT2D eigenvalue weighted by Crippen LogP contribution is -2.47. The number of carbonyl (C=O) groups is 2. The average molecular weight is 601 g/mol. The Morgan fingerprint density at radius 3 is 2.36 bits per heavy atom. The van der Waals surface area contributed by atoms with Gasteiger partial charge in [-0.15, -0.1) is 0 Å². The molecule has 3 amide bonds. The van der Waals surface area contributed by atoms with Crippen molar-refractivity contribution < 1.29 is 23.8 Å². The minimum absolute atomic E-state index is 0.00846. The third-order valence-electron chi connectivity index (χ3n) is 7.99. The summed E-state index contributed by atoms with van der Waals surface area (Å²) in [6.45, 7) is 8.51. The molecular weight excluding hydrogens is 556 g/mol. The van der Waals surface area contributed by atoms with E-state index < -0.39 is 0 Å². The first-order valence-corrected chi connectivity index (χ1v) is 15.3. The number of ether oxygens (including phenoxy) is 3. The molecule has 1 saturated carbocycles. The summed E-state index contributed by atoms with van der Waals surface area (Å²) >= 11 is 6.00. The number of benzene rings is 2. The molecule has 2 aliphatic rings. The third-order valence-corrected chi connectivity index (χ3v) is 8.24. The number of urea groups is 1. The van der Waals surface area contributed by atoms with E-state index in [0.29, 0.717) is 54.9 Å². The number of hydrogen-bond acceptors (Lipinski definition) is 6. The van der Waals surface area contributed by atoms with Crippen LogP contribution in [0.25, 0.3) is 0 Å². The van der Waals surface area contributed by atoms with Crippen LogP contribution in [0.3, 0.4) is 0 Å². The van der Waals surface area contributed by atoms with Crippen molar-refractivity contribution >= 4 is 23.5 Å². The van der Waals surface area contributed by atoms with E-state index in [-0.39, 0.29) is 35.9 Å². The topological polar surface area (TPSA) is 92.4 Å². The normalized spacial score (nSPS) is 18.1. The SMILES string of the molecule is COCCCOc1cc(C(=O)N(C[C@@H]2CNC[C@H]2CN(C(=O)NCc2ccc(Cl)cc2)C2CC2)C(C)C)ccc1OC. The minimum Gasteiger partial charge on any atom is -0.493 e. The average Bonchev–Trinajstić information content (AvgIpc) is 3.74. The van der Waals surface area contributed by atoms with Crippen LogP contribution >= 0.6 is 11.6 Å². The molecule has 0 bridgehead atoms. The van der Waals surface area contributed by atoms with E-state index in [1.807, 2.05) is 47.9 Å². The molecular formula is C32H45ClN4O5. The van der Waals surface area contributed by atoms with Gasteiger partial charge in [0, 0.05) is 75.5 Å². The molecule has 0 aromatic heterocycles. The fourth-order valence-electron chi connectivity index (χ4n) is 5.39. The summed E-state index contributed by atoms with van der Waals surface area (Å²) in [7, 11) is 3.25. The summed E-state index contributed by atoms with van der Waals surface area (Å²) in [6, 6.07) is 13.1. The fourth-order valence-corrected chi connectivity index (χ4v) is 5.51. The van der Waals surface area contributed by atoms with E-state index in [4.69, 9.17) is 25.8 Å². The molecule has 0 radical (unpaired) electrons. The maximum atomic E-state index is 13.8. The van der Waals surface area contributed by atoms with Gasteiger partial charge in [0.2, 0.25) is 0 Å². The van der Waals surface area contributed by atoms with E-state index in [1.54, 1.807) is 32.4 Å². The van der Waals surface area contributed by atoms with E-state index in [0.717, 1.165) is 37.9 Å². The Morgan fingerprint density at radius 1 is 1.00 bits per heavy atom. The highest BCUT2D eigenvalue weighted by molar-refractivity contribution is 6.30. The number of nitrogens with zero attached hydrogens (tertiary/aromatic N) is 2. The molecule has 42 heavy (non-hydrogen) atoms. The van der Waals surface area contributed by atoms with Gasteiger partial charge in [0.15, 0.2) is 11.5 Å². The van der Waals surface area contributed by atoms with Gasteiger partial charge in [-0.05, 0) is 74.4 Å². The van der Waals surface area contributed by atoms with Crippen molar-refractivity contribution in [1.29, 1.82) is 0 Å². The van der Waals surface area contributed by atoms with Gasteiger partial charge < -0.3 is 34.6 Å².